The van der Waals surface area contributed by atoms with E-state index < -0.39 is 15.4 Å². The number of amides is 1. The first-order chi connectivity index (χ1) is 13.1. The molecule has 0 saturated carbocycles. The number of likely N-dealkylation sites (tertiary alicyclic amines) is 1. The standard InChI is InChI=1S/C22H28N2O3S/c1-22(2,21(25)24-13-12-20(16-24)23-28(3,26)27)15-17-8-7-11-19(14-17)18-9-5-4-6-10-18/h4-11,14,20,23H,12-13,15-16H2,1-3H3. The maximum atomic E-state index is 13.1. The lowest BCUT2D eigenvalue weighted by molar-refractivity contribution is -0.139. The average Bonchev–Trinajstić information content (AvgIpc) is 3.08. The molecule has 28 heavy (non-hydrogen) atoms. The second kappa shape index (κ2) is 8.05. The Kier molecular flexibility index (Phi) is 5.91. The molecule has 6 heteroatoms. The molecule has 1 aliphatic rings. The molecule has 0 radical (unpaired) electrons. The first kappa shape index (κ1) is 20.6. The fourth-order valence-electron chi connectivity index (χ4n) is 3.85. The molecule has 1 heterocycles. The Morgan fingerprint density at radius 2 is 1.79 bits per heavy atom. The van der Waals surface area contributed by atoms with Crippen molar-refractivity contribution in [3.05, 3.63) is 60.2 Å². The lowest BCUT2D eigenvalue weighted by Gasteiger charge is -2.29. The summed E-state index contributed by atoms with van der Waals surface area (Å²) in [4.78, 5) is 14.9. The van der Waals surface area contributed by atoms with E-state index in [1.165, 1.54) is 0 Å². The number of hydrogen-bond acceptors (Lipinski definition) is 3. The Balaban J connectivity index is 1.69. The summed E-state index contributed by atoms with van der Waals surface area (Å²) in [5.41, 5.74) is 2.85. The number of sulfonamides is 1. The maximum Gasteiger partial charge on any atom is 0.228 e. The summed E-state index contributed by atoms with van der Waals surface area (Å²) < 4.78 is 25.5. The minimum absolute atomic E-state index is 0.0652. The highest BCUT2D eigenvalue weighted by Crippen LogP contribution is 2.29. The summed E-state index contributed by atoms with van der Waals surface area (Å²) in [6.45, 7) is 4.93. The van der Waals surface area contributed by atoms with Gasteiger partial charge in [-0.25, -0.2) is 13.1 Å². The van der Waals surface area contributed by atoms with Crippen molar-refractivity contribution in [1.29, 1.82) is 0 Å². The van der Waals surface area contributed by atoms with Crippen molar-refractivity contribution in [3.63, 3.8) is 0 Å². The molecule has 150 valence electrons. The van der Waals surface area contributed by atoms with Crippen LogP contribution in [0.2, 0.25) is 0 Å². The van der Waals surface area contributed by atoms with Gasteiger partial charge < -0.3 is 4.90 Å². The van der Waals surface area contributed by atoms with Crippen LogP contribution < -0.4 is 4.72 Å². The van der Waals surface area contributed by atoms with E-state index in [2.05, 4.69) is 35.1 Å². The molecule has 5 nitrogen and oxygen atoms in total. The quantitative estimate of drug-likeness (QED) is 0.810. The number of benzene rings is 2. The number of rotatable bonds is 6. The zero-order chi connectivity index (χ0) is 20.4. The second-order valence-electron chi connectivity index (χ2n) is 8.25. The summed E-state index contributed by atoms with van der Waals surface area (Å²) in [6, 6.07) is 18.3. The molecule has 0 aromatic heterocycles. The number of nitrogens with zero attached hydrogens (tertiary/aromatic N) is 1. The van der Waals surface area contributed by atoms with Crippen molar-refractivity contribution in [2.45, 2.75) is 32.7 Å². The predicted octanol–water partition coefficient (Wildman–Crippen LogP) is 3.07. The molecule has 1 fully saturated rings. The zero-order valence-electron chi connectivity index (χ0n) is 16.7. The molecule has 1 saturated heterocycles. The number of carbonyl (C=O) groups excluding carboxylic acids is 1. The Morgan fingerprint density at radius 3 is 2.46 bits per heavy atom. The van der Waals surface area contributed by atoms with Crippen molar-refractivity contribution >= 4 is 15.9 Å². The van der Waals surface area contributed by atoms with Crippen molar-refractivity contribution in [3.8, 4) is 11.1 Å². The molecular formula is C22H28N2O3S. The van der Waals surface area contributed by atoms with Crippen LogP contribution in [0.5, 0.6) is 0 Å². The topological polar surface area (TPSA) is 66.5 Å². The highest BCUT2D eigenvalue weighted by atomic mass is 32.2. The molecule has 2 aromatic carbocycles. The second-order valence-corrected chi connectivity index (χ2v) is 10.0. The van der Waals surface area contributed by atoms with Gasteiger partial charge in [-0.15, -0.1) is 0 Å². The van der Waals surface area contributed by atoms with Crippen LogP contribution >= 0.6 is 0 Å². The Hall–Kier alpha value is -2.18. The normalized spacial score (nSPS) is 17.7. The fraction of sp³-hybridized carbons (Fsp3) is 0.409. The molecule has 0 spiro atoms. The van der Waals surface area contributed by atoms with Crippen LogP contribution in [0.1, 0.15) is 25.8 Å². The Labute approximate surface area is 167 Å². The molecule has 1 amide bonds. The van der Waals surface area contributed by atoms with E-state index in [0.29, 0.717) is 25.9 Å². The predicted molar refractivity (Wildman–Crippen MR) is 112 cm³/mol. The number of nitrogens with one attached hydrogen (secondary N) is 1. The van der Waals surface area contributed by atoms with Gasteiger partial charge in [-0.05, 0) is 29.5 Å². The first-order valence-corrected chi connectivity index (χ1v) is 11.4. The number of hydrogen-bond donors (Lipinski definition) is 1. The lowest BCUT2D eigenvalue weighted by Crippen LogP contribution is -2.43. The van der Waals surface area contributed by atoms with E-state index in [1.54, 1.807) is 4.90 Å². The molecule has 1 atom stereocenters. The molecule has 0 aliphatic carbocycles. The largest absolute Gasteiger partial charge is 0.341 e. The van der Waals surface area contributed by atoms with Crippen LogP contribution in [-0.4, -0.2) is 44.6 Å². The highest BCUT2D eigenvalue weighted by molar-refractivity contribution is 7.88. The van der Waals surface area contributed by atoms with Gasteiger partial charge in [0, 0.05) is 24.5 Å². The van der Waals surface area contributed by atoms with Crippen molar-refractivity contribution in [1.82, 2.24) is 9.62 Å². The summed E-state index contributed by atoms with van der Waals surface area (Å²) in [6.07, 6.45) is 2.44. The van der Waals surface area contributed by atoms with Gasteiger partial charge in [0.1, 0.15) is 0 Å². The van der Waals surface area contributed by atoms with Gasteiger partial charge in [-0.3, -0.25) is 4.79 Å². The highest BCUT2D eigenvalue weighted by Gasteiger charge is 2.36. The summed E-state index contributed by atoms with van der Waals surface area (Å²) >= 11 is 0. The summed E-state index contributed by atoms with van der Waals surface area (Å²) in [5.74, 6) is 0.0652. The Bertz CT molecular complexity index is 939. The number of carbonyl (C=O) groups is 1. The maximum absolute atomic E-state index is 13.1. The van der Waals surface area contributed by atoms with Crippen molar-refractivity contribution in [2.24, 2.45) is 5.41 Å². The van der Waals surface area contributed by atoms with E-state index in [-0.39, 0.29) is 11.9 Å². The van der Waals surface area contributed by atoms with Gasteiger partial charge in [0.05, 0.1) is 6.26 Å². The van der Waals surface area contributed by atoms with Crippen LogP contribution in [-0.2, 0) is 21.2 Å². The molecule has 1 aliphatic heterocycles. The van der Waals surface area contributed by atoms with Crippen LogP contribution in [0.3, 0.4) is 0 Å². The van der Waals surface area contributed by atoms with Crippen LogP contribution in [0.15, 0.2) is 54.6 Å². The van der Waals surface area contributed by atoms with Gasteiger partial charge in [0.2, 0.25) is 15.9 Å². The molecule has 1 unspecified atom stereocenters. The van der Waals surface area contributed by atoms with E-state index in [1.807, 2.05) is 38.1 Å². The van der Waals surface area contributed by atoms with Gasteiger partial charge in [0.25, 0.3) is 0 Å². The third-order valence-corrected chi connectivity index (χ3v) is 5.88. The van der Waals surface area contributed by atoms with Gasteiger partial charge in [-0.1, -0.05) is 68.4 Å². The minimum atomic E-state index is -3.26. The first-order valence-electron chi connectivity index (χ1n) is 9.55. The van der Waals surface area contributed by atoms with E-state index in [4.69, 9.17) is 0 Å². The van der Waals surface area contributed by atoms with Crippen molar-refractivity contribution < 1.29 is 13.2 Å². The zero-order valence-corrected chi connectivity index (χ0v) is 17.5. The smallest absolute Gasteiger partial charge is 0.228 e. The molecular weight excluding hydrogens is 372 g/mol. The monoisotopic (exact) mass is 400 g/mol. The summed E-state index contributed by atoms with van der Waals surface area (Å²) in [5, 5.41) is 0. The molecule has 0 bridgehead atoms. The molecule has 2 aromatic rings. The molecule has 1 N–H and O–H groups in total. The molecule has 3 rings (SSSR count). The van der Waals surface area contributed by atoms with Crippen molar-refractivity contribution in [2.75, 3.05) is 19.3 Å². The average molecular weight is 401 g/mol. The van der Waals surface area contributed by atoms with E-state index >= 15 is 0 Å². The third kappa shape index (κ3) is 5.20. The van der Waals surface area contributed by atoms with Gasteiger partial charge in [0.15, 0.2) is 0 Å². The Morgan fingerprint density at radius 1 is 1.11 bits per heavy atom. The fourth-order valence-corrected chi connectivity index (χ4v) is 4.65. The summed E-state index contributed by atoms with van der Waals surface area (Å²) in [7, 11) is -3.26. The van der Waals surface area contributed by atoms with Gasteiger partial charge >= 0.3 is 0 Å². The third-order valence-electron chi connectivity index (χ3n) is 5.12. The van der Waals surface area contributed by atoms with E-state index in [9.17, 15) is 13.2 Å². The lowest BCUT2D eigenvalue weighted by atomic mass is 9.83. The minimum Gasteiger partial charge on any atom is -0.341 e. The van der Waals surface area contributed by atoms with Crippen LogP contribution in [0, 0.1) is 5.41 Å². The van der Waals surface area contributed by atoms with E-state index in [0.717, 1.165) is 22.9 Å². The van der Waals surface area contributed by atoms with Gasteiger partial charge in [-0.2, -0.15) is 0 Å². The SMILES string of the molecule is CC(C)(Cc1cccc(-c2ccccc2)c1)C(=O)N1CCC(NS(C)(=O)=O)C1. The van der Waals surface area contributed by atoms with Crippen LogP contribution in [0.25, 0.3) is 11.1 Å². The van der Waals surface area contributed by atoms with Crippen LogP contribution in [0.4, 0.5) is 0 Å².